The highest BCUT2D eigenvalue weighted by atomic mass is 35.5. The standard InChI is InChI=1S/C14H14ClNO3/c1-8-6-9(7-12(17)19-3)16-14-11(18-2)5-4-10(15)13(8)14/h4-6H,7H2,1-3H3. The summed E-state index contributed by atoms with van der Waals surface area (Å²) in [5.41, 5.74) is 2.25. The molecule has 0 amide bonds. The van der Waals surface area contributed by atoms with Gasteiger partial charge in [0.2, 0.25) is 0 Å². The van der Waals surface area contributed by atoms with Gasteiger partial charge in [-0.05, 0) is 30.7 Å². The van der Waals surface area contributed by atoms with Gasteiger partial charge in [-0.2, -0.15) is 0 Å². The molecule has 2 aromatic rings. The molecule has 0 fully saturated rings. The van der Waals surface area contributed by atoms with Crippen molar-refractivity contribution in [1.82, 2.24) is 4.98 Å². The van der Waals surface area contributed by atoms with Crippen molar-refractivity contribution in [2.45, 2.75) is 13.3 Å². The number of nitrogens with zero attached hydrogens (tertiary/aromatic N) is 1. The Morgan fingerprint density at radius 1 is 1.37 bits per heavy atom. The fourth-order valence-corrected chi connectivity index (χ4v) is 2.31. The molecule has 4 nitrogen and oxygen atoms in total. The maximum absolute atomic E-state index is 11.3. The summed E-state index contributed by atoms with van der Waals surface area (Å²) in [6.07, 6.45) is 0.128. The van der Waals surface area contributed by atoms with Gasteiger partial charge in [-0.15, -0.1) is 0 Å². The molecule has 0 saturated carbocycles. The normalized spacial score (nSPS) is 10.5. The number of aryl methyl sites for hydroxylation is 1. The molecule has 0 aliphatic rings. The number of methoxy groups -OCH3 is 2. The van der Waals surface area contributed by atoms with E-state index in [1.165, 1.54) is 7.11 Å². The van der Waals surface area contributed by atoms with Crippen molar-refractivity contribution in [2.75, 3.05) is 14.2 Å². The van der Waals surface area contributed by atoms with E-state index in [9.17, 15) is 4.79 Å². The van der Waals surface area contributed by atoms with E-state index in [0.717, 1.165) is 10.9 Å². The Labute approximate surface area is 116 Å². The lowest BCUT2D eigenvalue weighted by Crippen LogP contribution is -2.07. The van der Waals surface area contributed by atoms with E-state index in [-0.39, 0.29) is 12.4 Å². The third-order valence-electron chi connectivity index (χ3n) is 2.90. The van der Waals surface area contributed by atoms with Crippen molar-refractivity contribution in [3.8, 4) is 5.75 Å². The number of carbonyl (C=O) groups excluding carboxylic acids is 1. The summed E-state index contributed by atoms with van der Waals surface area (Å²) >= 11 is 6.19. The Morgan fingerprint density at radius 2 is 2.11 bits per heavy atom. The maximum Gasteiger partial charge on any atom is 0.311 e. The molecule has 1 aromatic heterocycles. The fraction of sp³-hybridized carbons (Fsp3) is 0.286. The SMILES string of the molecule is COC(=O)Cc1cc(C)c2c(Cl)ccc(OC)c2n1. The maximum atomic E-state index is 11.3. The smallest absolute Gasteiger partial charge is 0.311 e. The lowest BCUT2D eigenvalue weighted by Gasteiger charge is -2.10. The highest BCUT2D eigenvalue weighted by Crippen LogP contribution is 2.32. The molecule has 0 bridgehead atoms. The van der Waals surface area contributed by atoms with Crippen LogP contribution in [-0.2, 0) is 16.0 Å². The summed E-state index contributed by atoms with van der Waals surface area (Å²) in [7, 11) is 2.93. The molecule has 19 heavy (non-hydrogen) atoms. The van der Waals surface area contributed by atoms with Crippen LogP contribution in [-0.4, -0.2) is 25.2 Å². The molecular formula is C14H14ClNO3. The molecule has 0 atom stereocenters. The van der Waals surface area contributed by atoms with Crippen LogP contribution in [0.2, 0.25) is 5.02 Å². The summed E-state index contributed by atoms with van der Waals surface area (Å²) in [6.45, 7) is 1.93. The number of ether oxygens (including phenoxy) is 2. The Kier molecular flexibility index (Phi) is 3.90. The number of pyridine rings is 1. The van der Waals surface area contributed by atoms with Gasteiger partial charge in [0, 0.05) is 5.39 Å². The Morgan fingerprint density at radius 3 is 2.74 bits per heavy atom. The van der Waals surface area contributed by atoms with Crippen LogP contribution in [0, 0.1) is 6.92 Å². The third-order valence-corrected chi connectivity index (χ3v) is 3.21. The average molecular weight is 280 g/mol. The molecule has 0 unspecified atom stereocenters. The van der Waals surface area contributed by atoms with Crippen LogP contribution >= 0.6 is 11.6 Å². The minimum atomic E-state index is -0.327. The predicted molar refractivity (Wildman–Crippen MR) is 73.8 cm³/mol. The number of esters is 1. The first-order valence-corrected chi connectivity index (χ1v) is 6.14. The number of hydrogen-bond acceptors (Lipinski definition) is 4. The van der Waals surface area contributed by atoms with E-state index in [4.69, 9.17) is 16.3 Å². The van der Waals surface area contributed by atoms with Crippen LogP contribution in [0.25, 0.3) is 10.9 Å². The molecular weight excluding hydrogens is 266 g/mol. The first kappa shape index (κ1) is 13.6. The summed E-state index contributed by atoms with van der Waals surface area (Å²) in [4.78, 5) is 15.8. The number of benzene rings is 1. The van der Waals surface area contributed by atoms with Crippen LogP contribution in [0.3, 0.4) is 0 Å². The van der Waals surface area contributed by atoms with Crippen molar-refractivity contribution >= 4 is 28.5 Å². The van der Waals surface area contributed by atoms with Crippen molar-refractivity contribution in [3.63, 3.8) is 0 Å². The molecule has 0 spiro atoms. The summed E-state index contributed by atoms with van der Waals surface area (Å²) in [6, 6.07) is 5.38. The van der Waals surface area contributed by atoms with Crippen LogP contribution < -0.4 is 4.74 Å². The number of hydrogen-bond donors (Lipinski definition) is 0. The number of fused-ring (bicyclic) bond motifs is 1. The van der Waals surface area contributed by atoms with Crippen molar-refractivity contribution in [2.24, 2.45) is 0 Å². The van der Waals surface area contributed by atoms with E-state index in [0.29, 0.717) is 22.0 Å². The van der Waals surface area contributed by atoms with Crippen molar-refractivity contribution in [1.29, 1.82) is 0 Å². The summed E-state index contributed by atoms with van der Waals surface area (Å²) in [5, 5.41) is 1.46. The monoisotopic (exact) mass is 279 g/mol. The number of halogens is 1. The van der Waals surface area contributed by atoms with Crippen LogP contribution in [0.4, 0.5) is 0 Å². The quantitative estimate of drug-likeness (QED) is 0.811. The van der Waals surface area contributed by atoms with Crippen LogP contribution in [0.1, 0.15) is 11.3 Å². The first-order chi connectivity index (χ1) is 9.06. The van der Waals surface area contributed by atoms with Gasteiger partial charge in [0.25, 0.3) is 0 Å². The van der Waals surface area contributed by atoms with Crippen LogP contribution in [0.5, 0.6) is 5.75 Å². The van der Waals surface area contributed by atoms with E-state index >= 15 is 0 Å². The molecule has 0 N–H and O–H groups in total. The van der Waals surface area contributed by atoms with Gasteiger partial charge in [0.1, 0.15) is 11.3 Å². The third kappa shape index (κ3) is 2.63. The molecule has 0 radical (unpaired) electrons. The van der Waals surface area contributed by atoms with Crippen molar-refractivity contribution in [3.05, 3.63) is 34.5 Å². The van der Waals surface area contributed by atoms with Gasteiger partial charge in [-0.1, -0.05) is 11.6 Å². The molecule has 0 aliphatic heterocycles. The molecule has 0 saturated heterocycles. The molecule has 1 heterocycles. The second-order valence-electron chi connectivity index (χ2n) is 4.16. The largest absolute Gasteiger partial charge is 0.494 e. The second-order valence-corrected chi connectivity index (χ2v) is 4.56. The fourth-order valence-electron chi connectivity index (χ4n) is 2.01. The number of aromatic nitrogens is 1. The Bertz CT molecular complexity index is 640. The van der Waals surface area contributed by atoms with Crippen LogP contribution in [0.15, 0.2) is 18.2 Å². The molecule has 2 rings (SSSR count). The Balaban J connectivity index is 2.63. The predicted octanol–water partition coefficient (Wildman–Crippen LogP) is 2.92. The number of carbonyl (C=O) groups is 1. The van der Waals surface area contributed by atoms with Gasteiger partial charge < -0.3 is 9.47 Å². The highest BCUT2D eigenvalue weighted by Gasteiger charge is 2.13. The Hall–Kier alpha value is -1.81. The lowest BCUT2D eigenvalue weighted by atomic mass is 10.1. The minimum Gasteiger partial charge on any atom is -0.494 e. The van der Waals surface area contributed by atoms with E-state index in [1.807, 2.05) is 13.0 Å². The summed E-state index contributed by atoms with van der Waals surface area (Å²) in [5.74, 6) is 0.307. The molecule has 5 heteroatoms. The van der Waals surface area contributed by atoms with Gasteiger partial charge in [0.15, 0.2) is 0 Å². The van der Waals surface area contributed by atoms with E-state index in [1.54, 1.807) is 19.2 Å². The average Bonchev–Trinajstić information content (AvgIpc) is 2.38. The van der Waals surface area contributed by atoms with Gasteiger partial charge >= 0.3 is 5.97 Å². The van der Waals surface area contributed by atoms with E-state index in [2.05, 4.69) is 9.72 Å². The summed E-state index contributed by atoms with van der Waals surface area (Å²) < 4.78 is 9.94. The first-order valence-electron chi connectivity index (χ1n) is 5.76. The second kappa shape index (κ2) is 5.45. The van der Waals surface area contributed by atoms with E-state index < -0.39 is 0 Å². The van der Waals surface area contributed by atoms with Gasteiger partial charge in [0.05, 0.1) is 31.4 Å². The minimum absolute atomic E-state index is 0.128. The van der Waals surface area contributed by atoms with Gasteiger partial charge in [-0.25, -0.2) is 4.98 Å². The van der Waals surface area contributed by atoms with Gasteiger partial charge in [-0.3, -0.25) is 4.79 Å². The molecule has 100 valence electrons. The topological polar surface area (TPSA) is 48.4 Å². The lowest BCUT2D eigenvalue weighted by molar-refractivity contribution is -0.139. The zero-order valence-corrected chi connectivity index (χ0v) is 11.7. The van der Waals surface area contributed by atoms with Crippen molar-refractivity contribution < 1.29 is 14.3 Å². The number of rotatable bonds is 3. The molecule has 0 aliphatic carbocycles. The zero-order chi connectivity index (χ0) is 14.0. The molecule has 1 aromatic carbocycles. The highest BCUT2D eigenvalue weighted by molar-refractivity contribution is 6.35. The zero-order valence-electron chi connectivity index (χ0n) is 11.0.